The van der Waals surface area contributed by atoms with Gasteiger partial charge in [-0.2, -0.15) is 0 Å². The van der Waals surface area contributed by atoms with Crippen molar-refractivity contribution in [2.45, 2.75) is 38.3 Å². The van der Waals surface area contributed by atoms with Crippen LogP contribution >= 0.6 is 0 Å². The van der Waals surface area contributed by atoms with Gasteiger partial charge < -0.3 is 0 Å². The predicted octanol–water partition coefficient (Wildman–Crippen LogP) is 6.11. The second-order valence-corrected chi connectivity index (χ2v) is 17.3. The first-order valence-corrected chi connectivity index (χ1v) is 14.7. The van der Waals surface area contributed by atoms with Gasteiger partial charge in [0.15, 0.2) is 0 Å². The molecule has 0 saturated heterocycles. The summed E-state index contributed by atoms with van der Waals surface area (Å²) in [6.07, 6.45) is 0. The van der Waals surface area contributed by atoms with Crippen LogP contribution in [-0.4, -0.2) is 16.1 Å². The van der Waals surface area contributed by atoms with E-state index >= 15 is 0 Å². The van der Waals surface area contributed by atoms with Crippen LogP contribution in [0.3, 0.4) is 0 Å². The maximum Gasteiger partial charge on any atom is 0.0810 e. The van der Waals surface area contributed by atoms with E-state index in [4.69, 9.17) is 0 Å². The average Bonchev–Trinajstić information content (AvgIpc) is 2.51. The zero-order valence-corrected chi connectivity index (χ0v) is 16.2. The molecular weight excluding hydrogens is 296 g/mol. The summed E-state index contributed by atoms with van der Waals surface area (Å²) in [6, 6.07) is 25.2. The molecule has 2 aromatic rings. The number of hydrogen-bond donors (Lipinski definition) is 0. The van der Waals surface area contributed by atoms with Crippen molar-refractivity contribution in [3.63, 3.8) is 0 Å². The first-order chi connectivity index (χ1) is 10.4. The molecular formula is C20H26Si2. The van der Waals surface area contributed by atoms with Gasteiger partial charge in [0.1, 0.15) is 0 Å². The molecule has 0 radical (unpaired) electrons. The van der Waals surface area contributed by atoms with Crippen LogP contribution < -0.4 is 0 Å². The van der Waals surface area contributed by atoms with Crippen molar-refractivity contribution in [2.75, 3.05) is 0 Å². The Hall–Kier alpha value is -1.39. The second kappa shape index (κ2) is 5.67. The van der Waals surface area contributed by atoms with Gasteiger partial charge in [0.25, 0.3) is 0 Å². The molecule has 0 aliphatic carbocycles. The van der Waals surface area contributed by atoms with Gasteiger partial charge >= 0.3 is 0 Å². The van der Waals surface area contributed by atoms with Crippen LogP contribution in [0.15, 0.2) is 60.7 Å². The summed E-state index contributed by atoms with van der Waals surface area (Å²) in [5, 5.41) is 3.45. The SMILES string of the molecule is C[Si]1(C)CC[Si](C)(C)C(c2ccccc2)=C1c1ccccc1. The largest absolute Gasteiger partial charge is 0.0810 e. The van der Waals surface area contributed by atoms with Crippen LogP contribution in [0.2, 0.25) is 38.3 Å². The van der Waals surface area contributed by atoms with E-state index in [9.17, 15) is 0 Å². The predicted molar refractivity (Wildman–Crippen MR) is 104 cm³/mol. The first kappa shape index (κ1) is 15.5. The van der Waals surface area contributed by atoms with E-state index in [2.05, 4.69) is 86.9 Å². The van der Waals surface area contributed by atoms with E-state index < -0.39 is 16.1 Å². The molecule has 2 heteroatoms. The van der Waals surface area contributed by atoms with E-state index in [1.165, 1.54) is 23.2 Å². The molecule has 0 fully saturated rings. The number of benzene rings is 2. The first-order valence-electron chi connectivity index (χ1n) is 8.28. The van der Waals surface area contributed by atoms with Gasteiger partial charge in [-0.15, -0.1) is 0 Å². The van der Waals surface area contributed by atoms with Crippen LogP contribution in [0, 0.1) is 0 Å². The molecule has 0 unspecified atom stereocenters. The zero-order chi connectivity index (χ0) is 15.8. The molecule has 0 atom stereocenters. The lowest BCUT2D eigenvalue weighted by molar-refractivity contribution is 1.28. The molecule has 1 heterocycles. The monoisotopic (exact) mass is 322 g/mol. The highest BCUT2D eigenvalue weighted by Crippen LogP contribution is 2.47. The Kier molecular flexibility index (Phi) is 4.00. The fraction of sp³-hybridized carbons (Fsp3) is 0.300. The molecule has 0 N–H and O–H groups in total. The molecule has 0 spiro atoms. The van der Waals surface area contributed by atoms with Crippen LogP contribution in [0.25, 0.3) is 10.4 Å². The minimum Gasteiger partial charge on any atom is -0.0654 e. The molecule has 2 aromatic carbocycles. The molecule has 22 heavy (non-hydrogen) atoms. The molecule has 0 bridgehead atoms. The van der Waals surface area contributed by atoms with Gasteiger partial charge in [-0.1, -0.05) is 109 Å². The van der Waals surface area contributed by atoms with E-state index in [1.54, 1.807) is 10.4 Å². The van der Waals surface area contributed by atoms with Crippen LogP contribution in [-0.2, 0) is 0 Å². The van der Waals surface area contributed by atoms with Gasteiger partial charge in [-0.05, 0) is 11.1 Å². The van der Waals surface area contributed by atoms with E-state index in [0.29, 0.717) is 0 Å². The topological polar surface area (TPSA) is 0 Å². The third-order valence-corrected chi connectivity index (χ3v) is 12.6. The highest BCUT2D eigenvalue weighted by Gasteiger charge is 2.42. The molecule has 0 saturated carbocycles. The highest BCUT2D eigenvalue weighted by molar-refractivity contribution is 7.08. The Morgan fingerprint density at radius 2 is 0.864 bits per heavy atom. The summed E-state index contributed by atoms with van der Waals surface area (Å²) in [7, 11) is -2.76. The normalized spacial score (nSPS) is 20.0. The summed E-state index contributed by atoms with van der Waals surface area (Å²) in [6.45, 7) is 10.2. The van der Waals surface area contributed by atoms with E-state index in [-0.39, 0.29) is 0 Å². The van der Waals surface area contributed by atoms with Gasteiger partial charge in [0.2, 0.25) is 0 Å². The Bertz CT molecular complexity index is 621. The summed E-state index contributed by atoms with van der Waals surface area (Å²) in [5.41, 5.74) is 2.94. The van der Waals surface area contributed by atoms with Gasteiger partial charge in [0.05, 0.1) is 16.1 Å². The van der Waals surface area contributed by atoms with Crippen molar-refractivity contribution < 1.29 is 0 Å². The summed E-state index contributed by atoms with van der Waals surface area (Å²) < 4.78 is 0. The molecule has 1 aliphatic heterocycles. The zero-order valence-electron chi connectivity index (χ0n) is 14.2. The van der Waals surface area contributed by atoms with Gasteiger partial charge in [-0.3, -0.25) is 0 Å². The number of hydrogen-bond acceptors (Lipinski definition) is 0. The second-order valence-electron chi connectivity index (χ2n) is 7.75. The standard InChI is InChI=1S/C20H26Si2/c1-21(2)15-16-22(3,4)20(18-13-9-6-10-14-18)19(21)17-11-7-5-8-12-17/h5-14H,15-16H2,1-4H3. The van der Waals surface area contributed by atoms with Crippen LogP contribution in [0.4, 0.5) is 0 Å². The lowest BCUT2D eigenvalue weighted by Gasteiger charge is -2.42. The molecule has 0 nitrogen and oxygen atoms in total. The maximum absolute atomic E-state index is 2.56. The van der Waals surface area contributed by atoms with Crippen molar-refractivity contribution in [2.24, 2.45) is 0 Å². The Morgan fingerprint density at radius 3 is 1.18 bits per heavy atom. The third kappa shape index (κ3) is 2.78. The molecule has 0 aromatic heterocycles. The van der Waals surface area contributed by atoms with Gasteiger partial charge in [0, 0.05) is 0 Å². The molecule has 0 amide bonds. The van der Waals surface area contributed by atoms with Crippen LogP contribution in [0.1, 0.15) is 11.1 Å². The van der Waals surface area contributed by atoms with Crippen molar-refractivity contribution >= 4 is 26.5 Å². The average molecular weight is 323 g/mol. The molecule has 114 valence electrons. The Morgan fingerprint density at radius 1 is 0.545 bits per heavy atom. The van der Waals surface area contributed by atoms with Crippen molar-refractivity contribution in [1.82, 2.24) is 0 Å². The van der Waals surface area contributed by atoms with Gasteiger partial charge in [-0.25, -0.2) is 0 Å². The Balaban J connectivity index is 2.33. The molecule has 3 rings (SSSR count). The Labute approximate surface area is 136 Å². The fourth-order valence-corrected chi connectivity index (χ4v) is 14.9. The fourth-order valence-electron chi connectivity index (χ4n) is 3.83. The number of rotatable bonds is 2. The van der Waals surface area contributed by atoms with Crippen LogP contribution in [0.5, 0.6) is 0 Å². The quantitative estimate of drug-likeness (QED) is 0.585. The highest BCUT2D eigenvalue weighted by atomic mass is 28.3. The summed E-state index contributed by atoms with van der Waals surface area (Å²) >= 11 is 0. The maximum atomic E-state index is 2.56. The smallest absolute Gasteiger partial charge is 0.0654 e. The van der Waals surface area contributed by atoms with Crippen molar-refractivity contribution in [1.29, 1.82) is 0 Å². The third-order valence-electron chi connectivity index (χ3n) is 5.10. The minimum atomic E-state index is -1.38. The van der Waals surface area contributed by atoms with Crippen molar-refractivity contribution in [3.8, 4) is 0 Å². The van der Waals surface area contributed by atoms with Crippen molar-refractivity contribution in [3.05, 3.63) is 71.8 Å². The molecule has 1 aliphatic rings. The van der Waals surface area contributed by atoms with E-state index in [1.807, 2.05) is 0 Å². The lowest BCUT2D eigenvalue weighted by atomic mass is 10.1. The lowest BCUT2D eigenvalue weighted by Crippen LogP contribution is -2.42. The minimum absolute atomic E-state index is 1.38. The summed E-state index contributed by atoms with van der Waals surface area (Å²) in [4.78, 5) is 0. The van der Waals surface area contributed by atoms with E-state index in [0.717, 1.165) is 0 Å². The summed E-state index contributed by atoms with van der Waals surface area (Å²) in [5.74, 6) is 0.